The molecule has 2 aliphatic rings. The molecule has 1 amide bonds. The average molecular weight is 536 g/mol. The van der Waals surface area contributed by atoms with Crippen LogP contribution in [0.5, 0.6) is 0 Å². The number of guanidine groups is 1. The van der Waals surface area contributed by atoms with Crippen molar-refractivity contribution in [1.82, 2.24) is 0 Å². The minimum absolute atomic E-state index is 0.208. The number of rotatable bonds is 2. The van der Waals surface area contributed by atoms with E-state index in [-0.39, 0.29) is 21.3 Å². The Bertz CT molecular complexity index is 1510. The van der Waals surface area contributed by atoms with E-state index in [0.717, 1.165) is 16.7 Å². The molecule has 2 aliphatic heterocycles. The Labute approximate surface area is 210 Å². The van der Waals surface area contributed by atoms with Crippen molar-refractivity contribution in [1.29, 1.82) is 0 Å². The number of amides is 1. The molecule has 12 heteroatoms. The van der Waals surface area contributed by atoms with E-state index >= 15 is 0 Å². The Kier molecular flexibility index (Phi) is 7.34. The van der Waals surface area contributed by atoms with E-state index in [1.54, 1.807) is 39.8 Å². The van der Waals surface area contributed by atoms with Crippen LogP contribution in [0.15, 0.2) is 39.0 Å². The first-order chi connectivity index (χ1) is 16.6. The van der Waals surface area contributed by atoms with E-state index < -0.39 is 42.1 Å². The summed E-state index contributed by atoms with van der Waals surface area (Å²) in [6.07, 6.45) is 0.981. The van der Waals surface area contributed by atoms with Crippen LogP contribution in [0.1, 0.15) is 56.8 Å². The van der Waals surface area contributed by atoms with Gasteiger partial charge in [0.05, 0.1) is 33.0 Å². The number of fused-ring (bicyclic) bond motifs is 2. The highest BCUT2D eigenvalue weighted by Crippen LogP contribution is 2.34. The fraction of sp³-hybridized carbons (Fsp3) is 0.375. The van der Waals surface area contributed by atoms with Gasteiger partial charge in [0.2, 0.25) is 0 Å². The van der Waals surface area contributed by atoms with Crippen molar-refractivity contribution in [3.8, 4) is 0 Å². The maximum atomic E-state index is 12.1. The highest BCUT2D eigenvalue weighted by atomic mass is 32.2. The van der Waals surface area contributed by atoms with Crippen LogP contribution in [0.25, 0.3) is 0 Å². The number of hydrogen-bond donors (Lipinski definition) is 2. The first kappa shape index (κ1) is 27.3. The standard InChI is InChI=1S/C12H15N3O3S.C12H14O4S/c1-6-3-8-4-7(2)19(17,18)10(8)5-9(6)11(16)15-12(13)14;1-7-4-9-5-8(2)17(14,15)11(9)6-10(7)12(13)16-3/h3,5,7H,4H2,1-2H3,(H4,13,14,15,16);4,6,8H,5H2,1-3H3. The predicted molar refractivity (Wildman–Crippen MR) is 135 cm³/mol. The van der Waals surface area contributed by atoms with E-state index in [2.05, 4.69) is 9.73 Å². The van der Waals surface area contributed by atoms with Crippen LogP contribution in [0, 0.1) is 13.8 Å². The molecule has 4 N–H and O–H groups in total. The summed E-state index contributed by atoms with van der Waals surface area (Å²) in [6.45, 7) is 6.85. The third-order valence-corrected chi connectivity index (χ3v) is 10.8. The van der Waals surface area contributed by atoms with Crippen molar-refractivity contribution in [2.24, 2.45) is 16.5 Å². The molecule has 194 valence electrons. The maximum absolute atomic E-state index is 12.1. The summed E-state index contributed by atoms with van der Waals surface area (Å²) in [5.41, 5.74) is 13.8. The van der Waals surface area contributed by atoms with Crippen molar-refractivity contribution in [3.05, 3.63) is 57.6 Å². The summed E-state index contributed by atoms with van der Waals surface area (Å²) in [4.78, 5) is 27.3. The molecule has 2 aromatic rings. The molecule has 0 aromatic heterocycles. The highest BCUT2D eigenvalue weighted by molar-refractivity contribution is 7.92. The molecule has 0 aliphatic carbocycles. The Morgan fingerprint density at radius 1 is 0.833 bits per heavy atom. The number of nitrogens with zero attached hydrogens (tertiary/aromatic N) is 1. The summed E-state index contributed by atoms with van der Waals surface area (Å²) in [5.74, 6) is -1.48. The molecule has 0 saturated heterocycles. The van der Waals surface area contributed by atoms with Gasteiger partial charge in [-0.05, 0) is 74.9 Å². The minimum atomic E-state index is -3.35. The Morgan fingerprint density at radius 2 is 1.25 bits per heavy atom. The van der Waals surface area contributed by atoms with Gasteiger partial charge in [-0.1, -0.05) is 12.1 Å². The largest absolute Gasteiger partial charge is 0.465 e. The van der Waals surface area contributed by atoms with Gasteiger partial charge >= 0.3 is 5.97 Å². The lowest BCUT2D eigenvalue weighted by molar-refractivity contribution is 0.0599. The zero-order valence-corrected chi connectivity index (χ0v) is 22.3. The molecule has 0 spiro atoms. The summed E-state index contributed by atoms with van der Waals surface area (Å²) >= 11 is 0. The second kappa shape index (κ2) is 9.66. The van der Waals surface area contributed by atoms with E-state index in [4.69, 9.17) is 11.5 Å². The van der Waals surface area contributed by atoms with Gasteiger partial charge in [0.1, 0.15) is 0 Å². The molecule has 4 rings (SSSR count). The van der Waals surface area contributed by atoms with Crippen molar-refractivity contribution in [3.63, 3.8) is 0 Å². The van der Waals surface area contributed by atoms with Gasteiger partial charge in [-0.3, -0.25) is 4.79 Å². The molecule has 2 atom stereocenters. The fourth-order valence-corrected chi connectivity index (χ4v) is 7.60. The minimum Gasteiger partial charge on any atom is -0.465 e. The zero-order chi connectivity index (χ0) is 27.2. The number of sulfone groups is 2. The normalized spacial score (nSPS) is 20.4. The van der Waals surface area contributed by atoms with Crippen LogP contribution in [0.3, 0.4) is 0 Å². The molecule has 0 bridgehead atoms. The zero-order valence-electron chi connectivity index (χ0n) is 20.7. The number of carbonyl (C=O) groups is 2. The van der Waals surface area contributed by atoms with Gasteiger partial charge in [-0.15, -0.1) is 0 Å². The van der Waals surface area contributed by atoms with Crippen molar-refractivity contribution < 1.29 is 31.2 Å². The number of aliphatic imine (C=N–C) groups is 1. The van der Waals surface area contributed by atoms with Crippen LogP contribution < -0.4 is 11.5 Å². The molecule has 2 heterocycles. The van der Waals surface area contributed by atoms with Gasteiger partial charge in [-0.2, -0.15) is 4.99 Å². The molecule has 0 fully saturated rings. The van der Waals surface area contributed by atoms with Crippen LogP contribution in [0.4, 0.5) is 0 Å². The fourth-order valence-electron chi connectivity index (χ4n) is 4.35. The number of ether oxygens (including phenoxy) is 1. The molecule has 10 nitrogen and oxygen atoms in total. The number of benzene rings is 2. The van der Waals surface area contributed by atoms with Crippen molar-refractivity contribution in [2.45, 2.75) is 60.8 Å². The lowest BCUT2D eigenvalue weighted by Gasteiger charge is -2.06. The Morgan fingerprint density at radius 3 is 1.67 bits per heavy atom. The number of esters is 1. The Balaban J connectivity index is 0.000000202. The number of aryl methyl sites for hydroxylation is 2. The van der Waals surface area contributed by atoms with Crippen LogP contribution in [-0.2, 0) is 37.3 Å². The van der Waals surface area contributed by atoms with E-state index in [1.807, 2.05) is 0 Å². The van der Waals surface area contributed by atoms with E-state index in [0.29, 0.717) is 24.0 Å². The van der Waals surface area contributed by atoms with Gasteiger partial charge in [0.15, 0.2) is 25.6 Å². The lowest BCUT2D eigenvalue weighted by atomic mass is 10.0. The Hall–Kier alpha value is -3.25. The monoisotopic (exact) mass is 535 g/mol. The van der Waals surface area contributed by atoms with Crippen LogP contribution in [0.2, 0.25) is 0 Å². The SMILES string of the molecule is COC(=O)c1cc2c(cc1C)CC(C)S2(=O)=O.Cc1cc2c(cc1C(=O)N=C(N)N)S(=O)(=O)C(C)C2. The second-order valence-electron chi connectivity index (χ2n) is 9.00. The van der Waals surface area contributed by atoms with Crippen molar-refractivity contribution >= 4 is 37.5 Å². The number of hydrogen-bond acceptors (Lipinski definition) is 7. The van der Waals surface area contributed by atoms with Gasteiger partial charge in [0, 0.05) is 5.56 Å². The third-order valence-electron chi connectivity index (χ3n) is 6.37. The molecule has 2 unspecified atom stereocenters. The summed E-state index contributed by atoms with van der Waals surface area (Å²) < 4.78 is 52.8. The van der Waals surface area contributed by atoms with Crippen LogP contribution in [-0.4, -0.2) is 52.3 Å². The predicted octanol–water partition coefficient (Wildman–Crippen LogP) is 1.63. The van der Waals surface area contributed by atoms with E-state index in [9.17, 15) is 26.4 Å². The molecule has 2 aromatic carbocycles. The number of nitrogens with two attached hydrogens (primary N) is 2. The maximum Gasteiger partial charge on any atom is 0.338 e. The van der Waals surface area contributed by atoms with E-state index in [1.165, 1.54) is 19.2 Å². The number of carbonyl (C=O) groups excluding carboxylic acids is 2. The number of methoxy groups -OCH3 is 1. The topological polar surface area (TPSA) is 176 Å². The molecular weight excluding hydrogens is 506 g/mol. The summed E-state index contributed by atoms with van der Waals surface area (Å²) in [7, 11) is -5.34. The second-order valence-corrected chi connectivity index (χ2v) is 13.7. The molecular formula is C24H29N3O7S2. The smallest absolute Gasteiger partial charge is 0.338 e. The van der Waals surface area contributed by atoms with Crippen molar-refractivity contribution in [2.75, 3.05) is 7.11 Å². The van der Waals surface area contributed by atoms with Gasteiger partial charge in [-0.25, -0.2) is 21.6 Å². The third kappa shape index (κ3) is 4.87. The summed E-state index contributed by atoms with van der Waals surface area (Å²) in [5, 5.41) is -0.875. The molecule has 0 radical (unpaired) electrons. The first-order valence-corrected chi connectivity index (χ1v) is 14.2. The molecule has 36 heavy (non-hydrogen) atoms. The first-order valence-electron chi connectivity index (χ1n) is 11.1. The van der Waals surface area contributed by atoms with Gasteiger partial charge in [0.25, 0.3) is 5.91 Å². The summed E-state index contributed by atoms with van der Waals surface area (Å²) in [6, 6.07) is 6.29. The molecule has 0 saturated carbocycles. The lowest BCUT2D eigenvalue weighted by Crippen LogP contribution is -2.24. The quantitative estimate of drug-likeness (QED) is 0.329. The van der Waals surface area contributed by atoms with Gasteiger partial charge < -0.3 is 16.2 Å². The van der Waals surface area contributed by atoms with Crippen LogP contribution >= 0.6 is 0 Å². The average Bonchev–Trinajstić information content (AvgIpc) is 3.12. The highest BCUT2D eigenvalue weighted by Gasteiger charge is 2.36.